The van der Waals surface area contributed by atoms with Gasteiger partial charge in [-0.15, -0.1) is 10.2 Å². The van der Waals surface area contributed by atoms with Crippen LogP contribution in [0.4, 0.5) is 14.6 Å². The van der Waals surface area contributed by atoms with Gasteiger partial charge in [0.2, 0.25) is 0 Å². The molecule has 0 spiro atoms. The first-order chi connectivity index (χ1) is 11.1. The van der Waals surface area contributed by atoms with Crippen LogP contribution in [-0.2, 0) is 0 Å². The summed E-state index contributed by atoms with van der Waals surface area (Å²) in [7, 11) is 0. The Bertz CT molecular complexity index is 833. The summed E-state index contributed by atoms with van der Waals surface area (Å²) in [5.74, 6) is -1.03. The number of nitrogens with one attached hydrogen (secondary N) is 1. The fourth-order valence-corrected chi connectivity index (χ4v) is 2.00. The topological polar surface area (TPSA) is 54.9 Å². The summed E-state index contributed by atoms with van der Waals surface area (Å²) in [5, 5.41) is 10.3. The zero-order chi connectivity index (χ0) is 16.2. The SMILES string of the molecule is O=C(Nc1ccc(-c2ccccc2F)nn1)c1ccc(F)cc1. The van der Waals surface area contributed by atoms with E-state index in [1.165, 1.54) is 36.4 Å². The molecule has 0 saturated carbocycles. The molecule has 0 atom stereocenters. The highest BCUT2D eigenvalue weighted by Gasteiger charge is 2.09. The van der Waals surface area contributed by atoms with Crippen LogP contribution in [0, 0.1) is 11.6 Å². The highest BCUT2D eigenvalue weighted by Crippen LogP contribution is 2.20. The van der Waals surface area contributed by atoms with E-state index in [9.17, 15) is 13.6 Å². The number of hydrogen-bond acceptors (Lipinski definition) is 3. The lowest BCUT2D eigenvalue weighted by Crippen LogP contribution is -2.13. The first-order valence-electron chi connectivity index (χ1n) is 6.79. The average molecular weight is 311 g/mol. The molecule has 6 heteroatoms. The molecular formula is C17H11F2N3O. The van der Waals surface area contributed by atoms with E-state index in [0.29, 0.717) is 16.8 Å². The Morgan fingerprint density at radius 1 is 0.870 bits per heavy atom. The Kier molecular flexibility index (Phi) is 4.05. The molecule has 1 aromatic heterocycles. The van der Waals surface area contributed by atoms with E-state index in [1.807, 2.05) is 0 Å². The number of benzene rings is 2. The van der Waals surface area contributed by atoms with Gasteiger partial charge in [-0.1, -0.05) is 12.1 Å². The number of halogens is 2. The number of rotatable bonds is 3. The van der Waals surface area contributed by atoms with Crippen molar-refractivity contribution in [1.82, 2.24) is 10.2 Å². The lowest BCUT2D eigenvalue weighted by molar-refractivity contribution is 0.102. The zero-order valence-electron chi connectivity index (χ0n) is 11.8. The van der Waals surface area contributed by atoms with Crippen LogP contribution >= 0.6 is 0 Å². The van der Waals surface area contributed by atoms with Gasteiger partial charge >= 0.3 is 0 Å². The Morgan fingerprint density at radius 3 is 2.26 bits per heavy atom. The van der Waals surface area contributed by atoms with Crippen molar-refractivity contribution < 1.29 is 13.6 Å². The fourth-order valence-electron chi connectivity index (χ4n) is 2.00. The van der Waals surface area contributed by atoms with Crippen molar-refractivity contribution in [3.63, 3.8) is 0 Å². The predicted octanol–water partition coefficient (Wildman–Crippen LogP) is 3.67. The second-order valence-corrected chi connectivity index (χ2v) is 4.74. The number of aromatic nitrogens is 2. The number of carbonyl (C=O) groups is 1. The van der Waals surface area contributed by atoms with Gasteiger partial charge in [-0.2, -0.15) is 0 Å². The van der Waals surface area contributed by atoms with Crippen molar-refractivity contribution >= 4 is 11.7 Å². The van der Waals surface area contributed by atoms with Gasteiger partial charge in [-0.25, -0.2) is 8.78 Å². The summed E-state index contributed by atoms with van der Waals surface area (Å²) in [4.78, 5) is 12.0. The zero-order valence-corrected chi connectivity index (χ0v) is 11.8. The Hall–Kier alpha value is -3.15. The van der Waals surface area contributed by atoms with Crippen molar-refractivity contribution in [2.24, 2.45) is 0 Å². The third-order valence-electron chi connectivity index (χ3n) is 3.16. The van der Waals surface area contributed by atoms with Gasteiger partial charge in [-0.05, 0) is 48.5 Å². The molecule has 1 N–H and O–H groups in total. The van der Waals surface area contributed by atoms with E-state index in [2.05, 4.69) is 15.5 Å². The molecule has 3 aromatic rings. The summed E-state index contributed by atoms with van der Waals surface area (Å²) < 4.78 is 26.5. The molecule has 3 rings (SSSR count). The van der Waals surface area contributed by atoms with Crippen molar-refractivity contribution in [2.75, 3.05) is 5.32 Å². The van der Waals surface area contributed by atoms with Gasteiger partial charge in [-0.3, -0.25) is 4.79 Å². The summed E-state index contributed by atoms with van der Waals surface area (Å²) >= 11 is 0. The maximum absolute atomic E-state index is 13.7. The normalized spacial score (nSPS) is 10.3. The smallest absolute Gasteiger partial charge is 0.256 e. The van der Waals surface area contributed by atoms with E-state index in [4.69, 9.17) is 0 Å². The molecule has 0 aliphatic rings. The summed E-state index contributed by atoms with van der Waals surface area (Å²) in [6.45, 7) is 0. The maximum Gasteiger partial charge on any atom is 0.256 e. The van der Waals surface area contributed by atoms with Crippen LogP contribution in [0.15, 0.2) is 60.7 Å². The van der Waals surface area contributed by atoms with E-state index < -0.39 is 17.5 Å². The molecule has 0 unspecified atom stereocenters. The minimum Gasteiger partial charge on any atom is -0.305 e. The van der Waals surface area contributed by atoms with E-state index >= 15 is 0 Å². The number of amides is 1. The van der Waals surface area contributed by atoms with Crippen molar-refractivity contribution in [1.29, 1.82) is 0 Å². The van der Waals surface area contributed by atoms with Crippen LogP contribution in [0.5, 0.6) is 0 Å². The maximum atomic E-state index is 13.7. The van der Waals surface area contributed by atoms with Crippen LogP contribution in [0.25, 0.3) is 11.3 Å². The molecule has 23 heavy (non-hydrogen) atoms. The number of carbonyl (C=O) groups excluding carboxylic acids is 1. The fraction of sp³-hybridized carbons (Fsp3) is 0. The molecule has 4 nitrogen and oxygen atoms in total. The molecule has 0 aliphatic heterocycles. The van der Waals surface area contributed by atoms with Crippen LogP contribution in [0.1, 0.15) is 10.4 Å². The standard InChI is InChI=1S/C17H11F2N3O/c18-12-7-5-11(6-8-12)17(23)20-16-10-9-15(21-22-16)13-3-1-2-4-14(13)19/h1-10H,(H,20,22,23). The minimum absolute atomic E-state index is 0.222. The van der Waals surface area contributed by atoms with Crippen LogP contribution < -0.4 is 5.32 Å². The Morgan fingerprint density at radius 2 is 1.61 bits per heavy atom. The monoisotopic (exact) mass is 311 g/mol. The predicted molar refractivity (Wildman–Crippen MR) is 81.8 cm³/mol. The van der Waals surface area contributed by atoms with E-state index in [1.54, 1.807) is 24.3 Å². The molecule has 0 radical (unpaired) electrons. The molecule has 1 amide bonds. The lowest BCUT2D eigenvalue weighted by Gasteiger charge is -2.05. The lowest BCUT2D eigenvalue weighted by atomic mass is 10.1. The van der Waals surface area contributed by atoms with Gasteiger partial charge in [0.1, 0.15) is 11.6 Å². The van der Waals surface area contributed by atoms with E-state index in [-0.39, 0.29) is 5.82 Å². The largest absolute Gasteiger partial charge is 0.305 e. The Labute approximate surface area is 130 Å². The molecule has 1 heterocycles. The van der Waals surface area contributed by atoms with Gasteiger partial charge in [0.05, 0.1) is 5.69 Å². The summed E-state index contributed by atoms with van der Waals surface area (Å²) in [5.41, 5.74) is 0.991. The molecular weight excluding hydrogens is 300 g/mol. The second kappa shape index (κ2) is 6.31. The van der Waals surface area contributed by atoms with Gasteiger partial charge in [0.25, 0.3) is 5.91 Å². The highest BCUT2D eigenvalue weighted by atomic mass is 19.1. The first-order valence-corrected chi connectivity index (χ1v) is 6.79. The van der Waals surface area contributed by atoms with Gasteiger partial charge in [0, 0.05) is 11.1 Å². The third kappa shape index (κ3) is 3.37. The summed E-state index contributed by atoms with van der Waals surface area (Å²) in [6, 6.07) is 14.4. The minimum atomic E-state index is -0.432. The Balaban J connectivity index is 1.76. The molecule has 0 bridgehead atoms. The molecule has 114 valence electrons. The number of nitrogens with zero attached hydrogens (tertiary/aromatic N) is 2. The molecule has 0 fully saturated rings. The van der Waals surface area contributed by atoms with Gasteiger partial charge in [0.15, 0.2) is 5.82 Å². The molecule has 2 aromatic carbocycles. The van der Waals surface area contributed by atoms with Crippen molar-refractivity contribution in [2.45, 2.75) is 0 Å². The quantitative estimate of drug-likeness (QED) is 0.803. The number of hydrogen-bond donors (Lipinski definition) is 1. The summed E-state index contributed by atoms with van der Waals surface area (Å²) in [6.07, 6.45) is 0. The number of anilines is 1. The van der Waals surface area contributed by atoms with E-state index in [0.717, 1.165) is 0 Å². The van der Waals surface area contributed by atoms with Crippen LogP contribution in [0.3, 0.4) is 0 Å². The van der Waals surface area contributed by atoms with Crippen LogP contribution in [-0.4, -0.2) is 16.1 Å². The van der Waals surface area contributed by atoms with Crippen LogP contribution in [0.2, 0.25) is 0 Å². The first kappa shape index (κ1) is 14.8. The third-order valence-corrected chi connectivity index (χ3v) is 3.16. The van der Waals surface area contributed by atoms with Crippen molar-refractivity contribution in [3.05, 3.63) is 77.9 Å². The molecule has 0 aliphatic carbocycles. The van der Waals surface area contributed by atoms with Crippen molar-refractivity contribution in [3.8, 4) is 11.3 Å². The average Bonchev–Trinajstić information content (AvgIpc) is 2.57. The highest BCUT2D eigenvalue weighted by molar-refractivity contribution is 6.03. The molecule has 0 saturated heterocycles. The second-order valence-electron chi connectivity index (χ2n) is 4.74. The van der Waals surface area contributed by atoms with Gasteiger partial charge < -0.3 is 5.32 Å².